The van der Waals surface area contributed by atoms with Gasteiger partial charge in [0, 0.05) is 7.05 Å². The molecule has 74 valence electrons. The highest BCUT2D eigenvalue weighted by atomic mass is 15.4. The lowest BCUT2D eigenvalue weighted by Gasteiger charge is -2.02. The van der Waals surface area contributed by atoms with Crippen LogP contribution in [0.4, 0.5) is 0 Å². The Morgan fingerprint density at radius 2 is 1.93 bits per heavy atom. The second kappa shape index (κ2) is 2.94. The highest BCUT2D eigenvalue weighted by Gasteiger charge is 2.13. The summed E-state index contributed by atoms with van der Waals surface area (Å²) in [5, 5.41) is 12.2. The van der Waals surface area contributed by atoms with Crippen LogP contribution in [0, 0.1) is 20.8 Å². The molecule has 14 heavy (non-hydrogen) atoms. The van der Waals surface area contributed by atoms with E-state index in [0.29, 0.717) is 0 Å². The molecule has 0 saturated carbocycles. The average Bonchev–Trinajstić information content (AvgIpc) is 2.60. The molecule has 5 nitrogen and oxygen atoms in total. The summed E-state index contributed by atoms with van der Waals surface area (Å²) in [6.45, 7) is 5.98. The topological polar surface area (TPSA) is 48.5 Å². The van der Waals surface area contributed by atoms with E-state index in [2.05, 4.69) is 15.4 Å². The van der Waals surface area contributed by atoms with E-state index in [4.69, 9.17) is 0 Å². The van der Waals surface area contributed by atoms with Crippen LogP contribution in [-0.2, 0) is 7.05 Å². The Bertz CT molecular complexity index is 466. The third kappa shape index (κ3) is 1.13. The Hall–Kier alpha value is -1.65. The molecule has 0 aliphatic carbocycles. The van der Waals surface area contributed by atoms with Crippen molar-refractivity contribution in [1.29, 1.82) is 0 Å². The molecule has 2 rings (SSSR count). The summed E-state index contributed by atoms with van der Waals surface area (Å²) < 4.78 is 3.67. The molecule has 0 unspecified atom stereocenters. The highest BCUT2D eigenvalue weighted by molar-refractivity contribution is 5.40. The number of aromatic nitrogens is 5. The van der Waals surface area contributed by atoms with E-state index in [1.807, 2.05) is 37.2 Å². The van der Waals surface area contributed by atoms with Gasteiger partial charge in [0.2, 0.25) is 0 Å². The van der Waals surface area contributed by atoms with Crippen LogP contribution >= 0.6 is 0 Å². The SMILES string of the molecule is Cc1nn(C)c(C)c1-n1nncc1C. The summed E-state index contributed by atoms with van der Waals surface area (Å²) in [6, 6.07) is 0. The molecule has 0 amide bonds. The fraction of sp³-hybridized carbons (Fsp3) is 0.444. The summed E-state index contributed by atoms with van der Waals surface area (Å²) >= 11 is 0. The molecule has 0 spiro atoms. The molecule has 2 heterocycles. The molecule has 2 aromatic heterocycles. The van der Waals surface area contributed by atoms with Gasteiger partial charge in [-0.05, 0) is 20.8 Å². The minimum atomic E-state index is 0.971. The van der Waals surface area contributed by atoms with Crippen LogP contribution in [-0.4, -0.2) is 24.8 Å². The van der Waals surface area contributed by atoms with Gasteiger partial charge in [0.1, 0.15) is 5.69 Å². The van der Waals surface area contributed by atoms with Crippen molar-refractivity contribution < 1.29 is 0 Å². The van der Waals surface area contributed by atoms with E-state index >= 15 is 0 Å². The lowest BCUT2D eigenvalue weighted by Crippen LogP contribution is -2.02. The first kappa shape index (κ1) is 8.93. The maximum Gasteiger partial charge on any atom is 0.110 e. The lowest BCUT2D eigenvalue weighted by molar-refractivity contribution is 0.726. The first-order chi connectivity index (χ1) is 6.61. The van der Waals surface area contributed by atoms with E-state index < -0.39 is 0 Å². The van der Waals surface area contributed by atoms with Crippen molar-refractivity contribution in [2.24, 2.45) is 7.05 Å². The lowest BCUT2D eigenvalue weighted by atomic mass is 10.3. The van der Waals surface area contributed by atoms with Gasteiger partial charge in [0.25, 0.3) is 0 Å². The largest absolute Gasteiger partial charge is 0.270 e. The van der Waals surface area contributed by atoms with Crippen molar-refractivity contribution in [1.82, 2.24) is 24.8 Å². The zero-order chi connectivity index (χ0) is 10.3. The van der Waals surface area contributed by atoms with Gasteiger partial charge in [-0.1, -0.05) is 5.21 Å². The Kier molecular flexibility index (Phi) is 1.87. The Labute approximate surface area is 82.4 Å². The molecule has 0 aromatic carbocycles. The molecular formula is C9H13N5. The molecule has 0 saturated heterocycles. The molecule has 0 aliphatic rings. The molecule has 0 fully saturated rings. The van der Waals surface area contributed by atoms with Gasteiger partial charge >= 0.3 is 0 Å². The van der Waals surface area contributed by atoms with Gasteiger partial charge in [-0.15, -0.1) is 5.10 Å². The molecule has 0 radical (unpaired) electrons. The van der Waals surface area contributed by atoms with Crippen molar-refractivity contribution in [3.8, 4) is 5.69 Å². The summed E-state index contributed by atoms with van der Waals surface area (Å²) in [5.74, 6) is 0. The van der Waals surface area contributed by atoms with Crippen LogP contribution in [0.25, 0.3) is 5.69 Å². The minimum Gasteiger partial charge on any atom is -0.270 e. The average molecular weight is 191 g/mol. The van der Waals surface area contributed by atoms with Crippen molar-refractivity contribution in [2.75, 3.05) is 0 Å². The number of aryl methyl sites for hydroxylation is 3. The summed E-state index contributed by atoms with van der Waals surface area (Å²) in [4.78, 5) is 0. The maximum absolute atomic E-state index is 4.34. The first-order valence-corrected chi connectivity index (χ1v) is 4.49. The monoisotopic (exact) mass is 191 g/mol. The van der Waals surface area contributed by atoms with Gasteiger partial charge in [-0.2, -0.15) is 5.10 Å². The second-order valence-corrected chi connectivity index (χ2v) is 3.43. The smallest absolute Gasteiger partial charge is 0.110 e. The van der Waals surface area contributed by atoms with Crippen molar-refractivity contribution >= 4 is 0 Å². The molecular weight excluding hydrogens is 178 g/mol. The summed E-state index contributed by atoms with van der Waals surface area (Å²) in [6.07, 6.45) is 1.74. The predicted octanol–water partition coefficient (Wildman–Crippen LogP) is 0.926. The third-order valence-corrected chi connectivity index (χ3v) is 2.40. The molecule has 2 aromatic rings. The van der Waals surface area contributed by atoms with Crippen LogP contribution in [0.2, 0.25) is 0 Å². The Balaban J connectivity index is 2.68. The molecule has 0 aliphatic heterocycles. The number of rotatable bonds is 1. The van der Waals surface area contributed by atoms with Crippen molar-refractivity contribution in [2.45, 2.75) is 20.8 Å². The van der Waals surface area contributed by atoms with Gasteiger partial charge in [0.15, 0.2) is 0 Å². The Morgan fingerprint density at radius 1 is 1.21 bits per heavy atom. The van der Waals surface area contributed by atoms with E-state index in [1.165, 1.54) is 0 Å². The van der Waals surface area contributed by atoms with E-state index in [9.17, 15) is 0 Å². The second-order valence-electron chi connectivity index (χ2n) is 3.43. The van der Waals surface area contributed by atoms with Gasteiger partial charge < -0.3 is 0 Å². The third-order valence-electron chi connectivity index (χ3n) is 2.40. The van der Waals surface area contributed by atoms with Gasteiger partial charge in [0.05, 0.1) is 23.3 Å². The van der Waals surface area contributed by atoms with E-state index in [-0.39, 0.29) is 0 Å². The maximum atomic E-state index is 4.34. The molecule has 0 atom stereocenters. The van der Waals surface area contributed by atoms with Gasteiger partial charge in [-0.25, -0.2) is 4.68 Å². The fourth-order valence-electron chi connectivity index (χ4n) is 1.58. The quantitative estimate of drug-likeness (QED) is 0.673. The zero-order valence-electron chi connectivity index (χ0n) is 8.81. The van der Waals surface area contributed by atoms with Gasteiger partial charge in [-0.3, -0.25) is 4.68 Å². The number of hydrogen-bond donors (Lipinski definition) is 0. The van der Waals surface area contributed by atoms with Crippen LogP contribution < -0.4 is 0 Å². The fourth-order valence-corrected chi connectivity index (χ4v) is 1.58. The molecule has 0 bridgehead atoms. The van der Waals surface area contributed by atoms with E-state index in [0.717, 1.165) is 22.8 Å². The van der Waals surface area contributed by atoms with E-state index in [1.54, 1.807) is 6.20 Å². The van der Waals surface area contributed by atoms with Crippen molar-refractivity contribution in [3.05, 3.63) is 23.3 Å². The van der Waals surface area contributed by atoms with Crippen molar-refractivity contribution in [3.63, 3.8) is 0 Å². The molecule has 5 heteroatoms. The van der Waals surface area contributed by atoms with Crippen LogP contribution in [0.15, 0.2) is 6.20 Å². The van der Waals surface area contributed by atoms with Crippen LogP contribution in [0.5, 0.6) is 0 Å². The summed E-state index contributed by atoms with van der Waals surface area (Å²) in [5.41, 5.74) is 4.11. The predicted molar refractivity (Wildman–Crippen MR) is 52.3 cm³/mol. The Morgan fingerprint density at radius 3 is 2.36 bits per heavy atom. The minimum absolute atomic E-state index is 0.971. The number of nitrogens with zero attached hydrogens (tertiary/aromatic N) is 5. The zero-order valence-corrected chi connectivity index (χ0v) is 8.81. The van der Waals surface area contributed by atoms with Crippen LogP contribution in [0.3, 0.4) is 0 Å². The van der Waals surface area contributed by atoms with Crippen LogP contribution in [0.1, 0.15) is 17.1 Å². The summed E-state index contributed by atoms with van der Waals surface area (Å²) in [7, 11) is 1.93. The normalized spacial score (nSPS) is 10.9. The highest BCUT2D eigenvalue weighted by Crippen LogP contribution is 2.17. The number of hydrogen-bond acceptors (Lipinski definition) is 3. The first-order valence-electron chi connectivity index (χ1n) is 4.49. The molecule has 0 N–H and O–H groups in total. The standard InChI is InChI=1S/C9H13N5/c1-6-5-10-12-14(6)9-7(2)11-13(4)8(9)3/h5H,1-4H3.